The van der Waals surface area contributed by atoms with Crippen LogP contribution in [0.15, 0.2) is 30.3 Å². The molecule has 39 heavy (non-hydrogen) atoms. The van der Waals surface area contributed by atoms with Crippen molar-refractivity contribution in [1.29, 1.82) is 0 Å². The third-order valence-electron chi connectivity index (χ3n) is 7.49. The highest BCUT2D eigenvalue weighted by molar-refractivity contribution is 5.52. The van der Waals surface area contributed by atoms with Crippen LogP contribution in [0.2, 0.25) is 0 Å². The van der Waals surface area contributed by atoms with Crippen LogP contribution in [-0.4, -0.2) is 71.5 Å². The predicted octanol–water partition coefficient (Wildman–Crippen LogP) is 4.09. The molecule has 4 atom stereocenters. The van der Waals surface area contributed by atoms with E-state index in [9.17, 15) is 20.4 Å². The van der Waals surface area contributed by atoms with Gasteiger partial charge in [0.2, 0.25) is 5.75 Å². The molecule has 0 radical (unpaired) electrons. The molecule has 0 amide bonds. The average Bonchev–Trinajstić information content (AvgIpc) is 3.38. The normalized spacial score (nSPS) is 18.6. The number of ether oxygens (including phenoxy) is 4. The Morgan fingerprint density at radius 2 is 1.59 bits per heavy atom. The number of aromatic hydroxyl groups is 2. The van der Waals surface area contributed by atoms with E-state index in [1.165, 1.54) is 14.2 Å². The first-order valence-electron chi connectivity index (χ1n) is 13.8. The first-order chi connectivity index (χ1) is 18.9. The molecule has 2 aromatic carbocycles. The number of methoxy groups -OCH3 is 2. The van der Waals surface area contributed by atoms with Crippen LogP contribution in [0, 0.1) is 5.92 Å². The topological polar surface area (TPSA) is 138 Å². The third kappa shape index (κ3) is 9.46. The summed E-state index contributed by atoms with van der Waals surface area (Å²) >= 11 is 0. The molecule has 1 aliphatic carbocycles. The molecule has 0 unspecified atom stereocenters. The fourth-order valence-corrected chi connectivity index (χ4v) is 5.32. The van der Waals surface area contributed by atoms with Crippen molar-refractivity contribution in [1.82, 2.24) is 0 Å². The van der Waals surface area contributed by atoms with Gasteiger partial charge in [0.15, 0.2) is 23.0 Å². The summed E-state index contributed by atoms with van der Waals surface area (Å²) in [4.78, 5) is 0. The highest BCUT2D eigenvalue weighted by Crippen LogP contribution is 2.38. The van der Waals surface area contributed by atoms with Gasteiger partial charge in [-0.3, -0.25) is 0 Å². The van der Waals surface area contributed by atoms with Crippen molar-refractivity contribution in [3.05, 3.63) is 41.5 Å². The Hall–Kier alpha value is -2.72. The lowest BCUT2D eigenvalue weighted by atomic mass is 9.98. The van der Waals surface area contributed by atoms with Gasteiger partial charge in [-0.15, -0.1) is 0 Å². The first-order valence-corrected chi connectivity index (χ1v) is 13.8. The first kappa shape index (κ1) is 30.8. The lowest BCUT2D eigenvalue weighted by Gasteiger charge is -2.21. The Morgan fingerprint density at radius 3 is 2.26 bits per heavy atom. The Morgan fingerprint density at radius 1 is 0.897 bits per heavy atom. The Balaban J connectivity index is 1.52. The van der Waals surface area contributed by atoms with Crippen molar-refractivity contribution in [2.75, 3.05) is 27.6 Å². The Bertz CT molecular complexity index is 987. The minimum atomic E-state index is -0.660. The van der Waals surface area contributed by atoms with Crippen LogP contribution >= 0.6 is 0 Å². The molecule has 3 rings (SSSR count). The second-order valence-electron chi connectivity index (χ2n) is 10.3. The van der Waals surface area contributed by atoms with Crippen molar-refractivity contribution in [2.24, 2.45) is 5.92 Å². The van der Waals surface area contributed by atoms with Crippen LogP contribution in [0.1, 0.15) is 62.5 Å². The SMILES string of the molecule is COc1cc(CC[C@H](O)C[C@H](CCc2ccc(O)c(O[C@@H]3CC[C@H](CCCO)C3)c2)OCO)cc(OC)c1O. The van der Waals surface area contributed by atoms with E-state index in [1.807, 2.05) is 12.1 Å². The summed E-state index contributed by atoms with van der Waals surface area (Å²) in [6, 6.07) is 8.78. The molecule has 0 aromatic heterocycles. The molecule has 0 spiro atoms. The van der Waals surface area contributed by atoms with Gasteiger partial charge in [-0.05, 0) is 106 Å². The summed E-state index contributed by atoms with van der Waals surface area (Å²) < 4.78 is 22.0. The number of benzene rings is 2. The maximum absolute atomic E-state index is 10.7. The molecule has 9 nitrogen and oxygen atoms in total. The van der Waals surface area contributed by atoms with Crippen LogP contribution in [0.25, 0.3) is 0 Å². The lowest BCUT2D eigenvalue weighted by molar-refractivity contribution is -0.0690. The van der Waals surface area contributed by atoms with Gasteiger partial charge in [0.25, 0.3) is 0 Å². The van der Waals surface area contributed by atoms with Gasteiger partial charge >= 0.3 is 0 Å². The monoisotopic (exact) mass is 548 g/mol. The number of hydrogen-bond donors (Lipinski definition) is 5. The van der Waals surface area contributed by atoms with Gasteiger partial charge in [-0.1, -0.05) is 6.07 Å². The van der Waals surface area contributed by atoms with Crippen molar-refractivity contribution < 1.29 is 44.5 Å². The summed E-state index contributed by atoms with van der Waals surface area (Å²) in [6.07, 6.45) is 6.35. The van der Waals surface area contributed by atoms with Crippen molar-refractivity contribution >= 4 is 0 Å². The number of aryl methyl sites for hydroxylation is 2. The maximum atomic E-state index is 10.7. The van der Waals surface area contributed by atoms with Gasteiger partial charge in [0.1, 0.15) is 6.79 Å². The highest BCUT2D eigenvalue weighted by Gasteiger charge is 2.26. The molecule has 0 heterocycles. The second kappa shape index (κ2) is 15.8. The van der Waals surface area contributed by atoms with Gasteiger partial charge in [0.05, 0.1) is 32.5 Å². The van der Waals surface area contributed by atoms with Crippen molar-refractivity contribution in [3.63, 3.8) is 0 Å². The predicted molar refractivity (Wildman–Crippen MR) is 147 cm³/mol. The second-order valence-corrected chi connectivity index (χ2v) is 10.3. The molecule has 218 valence electrons. The molecule has 9 heteroatoms. The molecule has 0 bridgehead atoms. The largest absolute Gasteiger partial charge is 0.504 e. The number of hydrogen-bond acceptors (Lipinski definition) is 9. The zero-order chi connectivity index (χ0) is 28.2. The quantitative estimate of drug-likeness (QED) is 0.185. The summed E-state index contributed by atoms with van der Waals surface area (Å²) in [5.41, 5.74) is 1.83. The van der Waals surface area contributed by atoms with E-state index in [1.54, 1.807) is 18.2 Å². The molecule has 2 aromatic rings. The average molecular weight is 549 g/mol. The summed E-state index contributed by atoms with van der Waals surface area (Å²) in [5, 5.41) is 49.6. The van der Waals surface area contributed by atoms with Crippen LogP contribution in [0.3, 0.4) is 0 Å². The standard InChI is InChI=1S/C30H44O9/c1-36-28-16-22(17-29(37-2)30(28)35)5-9-23(33)18-24(38-19-32)10-6-21-8-12-26(34)27(15-21)39-25-11-7-20(14-25)4-3-13-31/h8,12,15-17,20,23-25,31-35H,3-7,9-11,13-14,18-19H2,1-2H3/t20-,23-,24-,25+/m0/s1. The number of aliphatic hydroxyl groups is 3. The van der Waals surface area contributed by atoms with E-state index in [2.05, 4.69) is 0 Å². The minimum Gasteiger partial charge on any atom is -0.504 e. The number of rotatable bonds is 17. The molecule has 5 N–H and O–H groups in total. The van der Waals surface area contributed by atoms with Crippen molar-refractivity contribution in [2.45, 2.75) is 82.5 Å². The van der Waals surface area contributed by atoms with Crippen molar-refractivity contribution in [3.8, 4) is 28.7 Å². The van der Waals surface area contributed by atoms with Gasteiger partial charge < -0.3 is 44.5 Å². The molecule has 0 aliphatic heterocycles. The van der Waals surface area contributed by atoms with Gasteiger partial charge in [-0.2, -0.15) is 0 Å². The summed E-state index contributed by atoms with van der Waals surface area (Å²) in [5.74, 6) is 1.69. The smallest absolute Gasteiger partial charge is 0.200 e. The van der Waals surface area contributed by atoms with E-state index >= 15 is 0 Å². The number of aliphatic hydroxyl groups excluding tert-OH is 3. The van der Waals surface area contributed by atoms with E-state index in [0.29, 0.717) is 55.3 Å². The summed E-state index contributed by atoms with van der Waals surface area (Å²) in [6.45, 7) is -0.224. The lowest BCUT2D eigenvalue weighted by Crippen LogP contribution is -2.22. The number of phenolic OH excluding ortho intramolecular Hbond substituents is 2. The van der Waals surface area contributed by atoms with Crippen LogP contribution in [0.5, 0.6) is 28.7 Å². The minimum absolute atomic E-state index is 0.0592. The molecular formula is C30H44O9. The number of phenols is 2. The molecule has 0 saturated heterocycles. The van der Waals surface area contributed by atoms with E-state index in [-0.39, 0.29) is 30.3 Å². The van der Waals surface area contributed by atoms with Crippen LogP contribution in [-0.2, 0) is 17.6 Å². The molecule has 1 fully saturated rings. The van der Waals surface area contributed by atoms with E-state index < -0.39 is 12.9 Å². The van der Waals surface area contributed by atoms with Gasteiger partial charge in [-0.25, -0.2) is 0 Å². The zero-order valence-electron chi connectivity index (χ0n) is 23.1. The molecule has 1 aliphatic rings. The van der Waals surface area contributed by atoms with Gasteiger partial charge in [0, 0.05) is 6.61 Å². The highest BCUT2D eigenvalue weighted by atomic mass is 16.6. The van der Waals surface area contributed by atoms with E-state index in [0.717, 1.165) is 43.2 Å². The maximum Gasteiger partial charge on any atom is 0.200 e. The molecule has 1 saturated carbocycles. The zero-order valence-corrected chi connectivity index (χ0v) is 23.1. The van der Waals surface area contributed by atoms with Crippen LogP contribution < -0.4 is 14.2 Å². The van der Waals surface area contributed by atoms with Crippen LogP contribution in [0.4, 0.5) is 0 Å². The Kier molecular flexibility index (Phi) is 12.5. The summed E-state index contributed by atoms with van der Waals surface area (Å²) in [7, 11) is 2.94. The fraction of sp³-hybridized carbons (Fsp3) is 0.600. The molecular weight excluding hydrogens is 504 g/mol. The fourth-order valence-electron chi connectivity index (χ4n) is 5.32. The van der Waals surface area contributed by atoms with E-state index in [4.69, 9.17) is 24.1 Å². The Labute approximate surface area is 230 Å². The third-order valence-corrected chi connectivity index (χ3v) is 7.49.